The summed E-state index contributed by atoms with van der Waals surface area (Å²) in [5.41, 5.74) is -0.340. The topological polar surface area (TPSA) is 101 Å². The number of carbonyl (C=O) groups excluding carboxylic acids is 2. The summed E-state index contributed by atoms with van der Waals surface area (Å²) in [5, 5.41) is 13.0. The first-order chi connectivity index (χ1) is 14.8. The van der Waals surface area contributed by atoms with Crippen LogP contribution in [-0.4, -0.2) is 44.8 Å². The second-order valence-electron chi connectivity index (χ2n) is 8.39. The van der Waals surface area contributed by atoms with Crippen molar-refractivity contribution in [3.05, 3.63) is 62.8 Å². The van der Waals surface area contributed by atoms with Gasteiger partial charge in [0.05, 0.1) is 12.6 Å². The van der Waals surface area contributed by atoms with Crippen LogP contribution in [0.15, 0.2) is 29.2 Å². The van der Waals surface area contributed by atoms with Crippen LogP contribution in [0, 0.1) is 12.7 Å². The van der Waals surface area contributed by atoms with Crippen molar-refractivity contribution < 1.29 is 23.8 Å². The van der Waals surface area contributed by atoms with Gasteiger partial charge in [-0.3, -0.25) is 14.4 Å². The lowest BCUT2D eigenvalue weighted by Gasteiger charge is -2.44. The number of carbonyl (C=O) groups is 2. The van der Waals surface area contributed by atoms with Crippen molar-refractivity contribution in [2.75, 3.05) is 0 Å². The minimum absolute atomic E-state index is 0.0342. The number of amides is 2. The fourth-order valence-corrected chi connectivity index (χ4v) is 4.78. The van der Waals surface area contributed by atoms with Crippen LogP contribution in [0.3, 0.4) is 0 Å². The Morgan fingerprint density at radius 1 is 1.32 bits per heavy atom. The summed E-state index contributed by atoms with van der Waals surface area (Å²) in [6, 6.07) is 4.67. The van der Waals surface area contributed by atoms with Gasteiger partial charge in [0.1, 0.15) is 11.4 Å². The van der Waals surface area contributed by atoms with E-state index in [-0.39, 0.29) is 42.1 Å². The van der Waals surface area contributed by atoms with Gasteiger partial charge in [0.25, 0.3) is 11.8 Å². The van der Waals surface area contributed by atoms with E-state index < -0.39 is 35.0 Å². The molecule has 2 aromatic rings. The van der Waals surface area contributed by atoms with Crippen LogP contribution in [0.4, 0.5) is 4.39 Å². The molecule has 2 aliphatic heterocycles. The molecule has 2 fully saturated rings. The second-order valence-corrected chi connectivity index (χ2v) is 8.39. The number of aromatic hydroxyl groups is 1. The Hall–Kier alpha value is -3.20. The van der Waals surface area contributed by atoms with Gasteiger partial charge >= 0.3 is 0 Å². The number of nitrogens with zero attached hydrogens (tertiary/aromatic N) is 2. The summed E-state index contributed by atoms with van der Waals surface area (Å²) < 4.78 is 21.4. The highest BCUT2D eigenvalue weighted by atomic mass is 19.1. The lowest BCUT2D eigenvalue weighted by atomic mass is 10.1. The van der Waals surface area contributed by atoms with Crippen LogP contribution in [0.5, 0.6) is 5.75 Å². The van der Waals surface area contributed by atoms with Crippen molar-refractivity contribution in [1.29, 1.82) is 0 Å². The Morgan fingerprint density at radius 3 is 2.90 bits per heavy atom. The Bertz CT molecular complexity index is 1160. The number of fused-ring (bicyclic) bond motifs is 5. The number of halogens is 1. The molecule has 31 heavy (non-hydrogen) atoms. The van der Waals surface area contributed by atoms with Crippen molar-refractivity contribution in [3.8, 4) is 5.75 Å². The predicted octanol–water partition coefficient (Wildman–Crippen LogP) is 1.66. The fraction of sp³-hybridized carbons (Fsp3) is 0.409. The summed E-state index contributed by atoms with van der Waals surface area (Å²) in [4.78, 5) is 40.0. The van der Waals surface area contributed by atoms with Gasteiger partial charge in [0.15, 0.2) is 17.7 Å². The molecule has 2 N–H and O–H groups in total. The third-order valence-electron chi connectivity index (χ3n) is 6.35. The third kappa shape index (κ3) is 3.20. The van der Waals surface area contributed by atoms with Crippen molar-refractivity contribution in [1.82, 2.24) is 14.8 Å². The van der Waals surface area contributed by atoms with Crippen LogP contribution >= 0.6 is 0 Å². The zero-order valence-corrected chi connectivity index (χ0v) is 16.9. The van der Waals surface area contributed by atoms with Gasteiger partial charge in [-0.05, 0) is 37.8 Å². The Labute approximate surface area is 177 Å². The van der Waals surface area contributed by atoms with Crippen molar-refractivity contribution in [2.45, 2.75) is 57.6 Å². The fourth-order valence-electron chi connectivity index (χ4n) is 4.78. The number of ether oxygens (including phenoxy) is 1. The number of benzene rings is 1. The van der Waals surface area contributed by atoms with Crippen molar-refractivity contribution in [3.63, 3.8) is 0 Å². The van der Waals surface area contributed by atoms with E-state index >= 15 is 0 Å². The molecule has 0 radical (unpaired) electrons. The first-order valence-electron chi connectivity index (χ1n) is 10.3. The van der Waals surface area contributed by atoms with E-state index in [4.69, 9.17) is 4.74 Å². The van der Waals surface area contributed by atoms with E-state index in [9.17, 15) is 23.9 Å². The number of aryl methyl sites for hydroxylation is 1. The molecule has 2 bridgehead atoms. The van der Waals surface area contributed by atoms with Gasteiger partial charge in [-0.2, -0.15) is 0 Å². The van der Waals surface area contributed by atoms with Crippen molar-refractivity contribution >= 4 is 11.8 Å². The van der Waals surface area contributed by atoms with Crippen LogP contribution in [0.1, 0.15) is 51.2 Å². The summed E-state index contributed by atoms with van der Waals surface area (Å²) >= 11 is 0. The normalized spacial score (nSPS) is 24.0. The molecule has 162 valence electrons. The standard InChI is InChI=1S/C22H22FN3O5/c1-11-2-3-12(16(23)6-11)8-24-21(29)15-9-25-10-17-26(13-4-5-14(7-13)31-17)22(30)18(25)20(28)19(15)27/h2-3,6,9,13-14,17,28H,4-5,7-8,10H2,1H3,(H,24,29)/t13-,14+,17+/m0/s1. The SMILES string of the molecule is Cc1ccc(CNC(=O)c2cn3c(c(O)c2=O)C(=O)N2[C@H]4CC[C@H](C4)O[C@@H]2C3)c(F)c1. The first kappa shape index (κ1) is 19.7. The summed E-state index contributed by atoms with van der Waals surface area (Å²) in [6.07, 6.45) is 3.32. The van der Waals surface area contributed by atoms with Crippen LogP contribution < -0.4 is 10.7 Å². The Morgan fingerprint density at radius 2 is 2.13 bits per heavy atom. The van der Waals surface area contributed by atoms with E-state index in [2.05, 4.69) is 5.32 Å². The van der Waals surface area contributed by atoms with E-state index in [0.29, 0.717) is 0 Å². The number of hydrogen-bond acceptors (Lipinski definition) is 5. The Kier molecular flexibility index (Phi) is 4.58. The molecule has 1 saturated heterocycles. The zero-order valence-electron chi connectivity index (χ0n) is 16.9. The minimum atomic E-state index is -0.929. The van der Waals surface area contributed by atoms with E-state index in [1.54, 1.807) is 24.0 Å². The average molecular weight is 427 g/mol. The lowest BCUT2D eigenvalue weighted by molar-refractivity contribution is -0.132. The molecule has 0 unspecified atom stereocenters. The summed E-state index contributed by atoms with van der Waals surface area (Å²) in [5.74, 6) is -2.43. The lowest BCUT2D eigenvalue weighted by Crippen LogP contribution is -2.57. The average Bonchev–Trinajstić information content (AvgIpc) is 3.10. The molecule has 1 saturated carbocycles. The molecular weight excluding hydrogens is 405 g/mol. The smallest absolute Gasteiger partial charge is 0.276 e. The number of aromatic nitrogens is 1. The molecular formula is C22H22FN3O5. The van der Waals surface area contributed by atoms with E-state index in [0.717, 1.165) is 24.8 Å². The molecule has 2 amide bonds. The third-order valence-corrected chi connectivity index (χ3v) is 6.35. The van der Waals surface area contributed by atoms with Crippen molar-refractivity contribution in [2.24, 2.45) is 0 Å². The minimum Gasteiger partial charge on any atom is -0.503 e. The van der Waals surface area contributed by atoms with Crippen LogP contribution in [0.2, 0.25) is 0 Å². The quantitative estimate of drug-likeness (QED) is 0.776. The number of nitrogens with one attached hydrogen (secondary N) is 1. The maximum atomic E-state index is 14.0. The molecule has 1 aromatic carbocycles. The van der Waals surface area contributed by atoms with Crippen LogP contribution in [0.25, 0.3) is 0 Å². The summed E-state index contributed by atoms with van der Waals surface area (Å²) in [6.45, 7) is 1.86. The predicted molar refractivity (Wildman–Crippen MR) is 107 cm³/mol. The molecule has 3 heterocycles. The largest absolute Gasteiger partial charge is 0.503 e. The van der Waals surface area contributed by atoms with Gasteiger partial charge in [0.2, 0.25) is 5.43 Å². The highest BCUT2D eigenvalue weighted by molar-refractivity contribution is 5.99. The molecule has 9 heteroatoms. The zero-order chi connectivity index (χ0) is 21.9. The number of rotatable bonds is 3. The molecule has 1 aromatic heterocycles. The van der Waals surface area contributed by atoms with Gasteiger partial charge in [-0.25, -0.2) is 4.39 Å². The molecule has 1 aliphatic carbocycles. The second kappa shape index (κ2) is 7.19. The van der Waals surface area contributed by atoms with Gasteiger partial charge in [-0.1, -0.05) is 12.1 Å². The molecule has 3 aliphatic rings. The highest BCUT2D eigenvalue weighted by Crippen LogP contribution is 2.38. The monoisotopic (exact) mass is 427 g/mol. The van der Waals surface area contributed by atoms with Gasteiger partial charge in [0, 0.05) is 24.3 Å². The maximum Gasteiger partial charge on any atom is 0.276 e. The first-order valence-corrected chi connectivity index (χ1v) is 10.3. The van der Waals surface area contributed by atoms with Crippen LogP contribution in [-0.2, 0) is 17.8 Å². The molecule has 5 rings (SSSR count). The number of hydrogen-bond donors (Lipinski definition) is 2. The molecule has 3 atom stereocenters. The molecule has 0 spiro atoms. The molecule has 8 nitrogen and oxygen atoms in total. The van der Waals surface area contributed by atoms with Gasteiger partial charge in [-0.15, -0.1) is 0 Å². The summed E-state index contributed by atoms with van der Waals surface area (Å²) in [7, 11) is 0. The van der Waals surface area contributed by atoms with E-state index in [1.807, 2.05) is 0 Å². The van der Waals surface area contributed by atoms with Gasteiger partial charge < -0.3 is 24.6 Å². The number of pyridine rings is 1. The van der Waals surface area contributed by atoms with E-state index in [1.165, 1.54) is 16.8 Å². The Balaban J connectivity index is 1.43. The highest BCUT2D eigenvalue weighted by Gasteiger charge is 2.47. The maximum absolute atomic E-state index is 14.0.